The van der Waals surface area contributed by atoms with E-state index in [9.17, 15) is 14.4 Å². The van der Waals surface area contributed by atoms with Gasteiger partial charge >= 0.3 is 11.9 Å². The second-order valence-electron chi connectivity index (χ2n) is 5.18. The lowest BCUT2D eigenvalue weighted by Crippen LogP contribution is -2.43. The Morgan fingerprint density at radius 3 is 2.82 bits per heavy atom. The van der Waals surface area contributed by atoms with Crippen LogP contribution in [-0.4, -0.2) is 57.3 Å². The Hall–Kier alpha value is -2.38. The molecule has 0 radical (unpaired) electrons. The maximum atomic E-state index is 12.6. The fourth-order valence-electron chi connectivity index (χ4n) is 2.61. The third-order valence-electron chi connectivity index (χ3n) is 3.70. The molecule has 1 atom stereocenters. The number of carboxylic acid groups (broad SMARTS) is 1. The zero-order valence-electron chi connectivity index (χ0n) is 12.6. The number of aryl methyl sites for hydroxylation is 1. The van der Waals surface area contributed by atoms with Crippen LogP contribution in [0.5, 0.6) is 0 Å². The Bertz CT molecular complexity index is 595. The van der Waals surface area contributed by atoms with Crippen molar-refractivity contribution < 1.29 is 24.2 Å². The lowest BCUT2D eigenvalue weighted by atomic mass is 9.97. The fraction of sp³-hybridized carbons (Fsp3) is 0.571. The summed E-state index contributed by atoms with van der Waals surface area (Å²) in [6, 6.07) is 0. The van der Waals surface area contributed by atoms with Gasteiger partial charge in [-0.3, -0.25) is 14.3 Å². The van der Waals surface area contributed by atoms with Gasteiger partial charge in [0.2, 0.25) is 0 Å². The molecule has 2 rings (SSSR count). The topological polar surface area (TPSA) is 102 Å². The van der Waals surface area contributed by atoms with Crippen molar-refractivity contribution in [3.8, 4) is 0 Å². The van der Waals surface area contributed by atoms with Crippen molar-refractivity contribution in [2.24, 2.45) is 13.0 Å². The SMILES string of the molecule is CCOC(=O)[C@@H]1CCCN(C(=O)c2c(C(=O)O)cnn2C)C1. The van der Waals surface area contributed by atoms with Crippen LogP contribution in [0.15, 0.2) is 6.20 Å². The molecule has 0 unspecified atom stereocenters. The summed E-state index contributed by atoms with van der Waals surface area (Å²) in [5, 5.41) is 13.0. The standard InChI is InChI=1S/C14H19N3O5/c1-3-22-14(21)9-5-4-6-17(8-9)12(18)11-10(13(19)20)7-15-16(11)2/h7,9H,3-6,8H2,1-2H3,(H,19,20)/t9-/m1/s1. The average molecular weight is 309 g/mol. The van der Waals surface area contributed by atoms with Gasteiger partial charge in [0.05, 0.1) is 18.7 Å². The van der Waals surface area contributed by atoms with E-state index in [2.05, 4.69) is 5.10 Å². The van der Waals surface area contributed by atoms with Gasteiger partial charge in [0.25, 0.3) is 5.91 Å². The van der Waals surface area contributed by atoms with E-state index in [1.807, 2.05) is 0 Å². The molecule has 1 saturated heterocycles. The third kappa shape index (κ3) is 3.10. The van der Waals surface area contributed by atoms with Gasteiger partial charge in [-0.25, -0.2) is 4.79 Å². The number of carbonyl (C=O) groups is 3. The first-order chi connectivity index (χ1) is 10.5. The molecule has 2 heterocycles. The van der Waals surface area contributed by atoms with Crippen molar-refractivity contribution in [3.63, 3.8) is 0 Å². The second kappa shape index (κ2) is 6.59. The molecule has 8 heteroatoms. The Kier molecular flexibility index (Phi) is 4.79. The molecule has 1 fully saturated rings. The molecule has 22 heavy (non-hydrogen) atoms. The molecule has 120 valence electrons. The summed E-state index contributed by atoms with van der Waals surface area (Å²) in [6.07, 6.45) is 2.50. The van der Waals surface area contributed by atoms with E-state index < -0.39 is 11.9 Å². The number of carbonyl (C=O) groups excluding carboxylic acids is 2. The smallest absolute Gasteiger partial charge is 0.339 e. The quantitative estimate of drug-likeness (QED) is 0.814. The van der Waals surface area contributed by atoms with Crippen LogP contribution in [0.4, 0.5) is 0 Å². The average Bonchev–Trinajstić information content (AvgIpc) is 2.89. The minimum atomic E-state index is -1.20. The number of rotatable bonds is 4. The van der Waals surface area contributed by atoms with Gasteiger partial charge in [0, 0.05) is 20.1 Å². The van der Waals surface area contributed by atoms with Crippen LogP contribution in [0.25, 0.3) is 0 Å². The van der Waals surface area contributed by atoms with Gasteiger partial charge in [-0.1, -0.05) is 0 Å². The van der Waals surface area contributed by atoms with Crippen molar-refractivity contribution in [3.05, 3.63) is 17.5 Å². The molecule has 1 aromatic heterocycles. The van der Waals surface area contributed by atoms with E-state index in [0.717, 1.165) is 6.20 Å². The lowest BCUT2D eigenvalue weighted by Gasteiger charge is -2.31. The van der Waals surface area contributed by atoms with E-state index in [1.165, 1.54) is 16.6 Å². The molecule has 1 aliphatic heterocycles. The molecular formula is C14H19N3O5. The Morgan fingerprint density at radius 1 is 1.45 bits per heavy atom. The Balaban J connectivity index is 2.17. The number of amides is 1. The summed E-state index contributed by atoms with van der Waals surface area (Å²) < 4.78 is 6.25. The van der Waals surface area contributed by atoms with Crippen LogP contribution in [0, 0.1) is 5.92 Å². The molecule has 0 aliphatic carbocycles. The predicted molar refractivity (Wildman–Crippen MR) is 75.4 cm³/mol. The first-order valence-corrected chi connectivity index (χ1v) is 7.16. The minimum absolute atomic E-state index is 0.0250. The first-order valence-electron chi connectivity index (χ1n) is 7.16. The molecule has 8 nitrogen and oxygen atoms in total. The molecule has 1 aliphatic rings. The zero-order chi connectivity index (χ0) is 16.3. The minimum Gasteiger partial charge on any atom is -0.478 e. The van der Waals surface area contributed by atoms with Gasteiger partial charge < -0.3 is 14.7 Å². The fourth-order valence-corrected chi connectivity index (χ4v) is 2.61. The van der Waals surface area contributed by atoms with Gasteiger partial charge in [0.15, 0.2) is 0 Å². The number of carboxylic acids is 1. The summed E-state index contributed by atoms with van der Waals surface area (Å²) in [7, 11) is 1.52. The molecule has 0 aromatic carbocycles. The van der Waals surface area contributed by atoms with Crippen molar-refractivity contribution in [1.82, 2.24) is 14.7 Å². The summed E-state index contributed by atoms with van der Waals surface area (Å²) in [5.41, 5.74) is -0.109. The van der Waals surface area contributed by atoms with Gasteiger partial charge in [-0.05, 0) is 19.8 Å². The van der Waals surface area contributed by atoms with Crippen LogP contribution >= 0.6 is 0 Å². The third-order valence-corrected chi connectivity index (χ3v) is 3.70. The maximum absolute atomic E-state index is 12.6. The van der Waals surface area contributed by atoms with E-state index in [-0.39, 0.29) is 29.7 Å². The second-order valence-corrected chi connectivity index (χ2v) is 5.18. The van der Waals surface area contributed by atoms with Crippen LogP contribution in [0.2, 0.25) is 0 Å². The molecule has 1 aromatic rings. The molecule has 0 saturated carbocycles. The number of aromatic nitrogens is 2. The van der Waals surface area contributed by atoms with E-state index in [4.69, 9.17) is 9.84 Å². The van der Waals surface area contributed by atoms with Crippen molar-refractivity contribution in [1.29, 1.82) is 0 Å². The van der Waals surface area contributed by atoms with Gasteiger partial charge in [0.1, 0.15) is 11.3 Å². The molecule has 0 bridgehead atoms. The Labute approximate surface area is 127 Å². The summed E-state index contributed by atoms with van der Waals surface area (Å²) >= 11 is 0. The summed E-state index contributed by atoms with van der Waals surface area (Å²) in [6.45, 7) is 2.76. The van der Waals surface area contributed by atoms with Gasteiger partial charge in [-0.15, -0.1) is 0 Å². The number of ether oxygens (including phenoxy) is 1. The highest BCUT2D eigenvalue weighted by molar-refractivity contribution is 6.03. The maximum Gasteiger partial charge on any atom is 0.339 e. The Morgan fingerprint density at radius 2 is 2.18 bits per heavy atom. The number of likely N-dealkylation sites (tertiary alicyclic amines) is 1. The van der Waals surface area contributed by atoms with Crippen LogP contribution in [0.1, 0.15) is 40.6 Å². The van der Waals surface area contributed by atoms with Crippen molar-refractivity contribution in [2.75, 3.05) is 19.7 Å². The molecule has 0 spiro atoms. The number of hydrogen-bond donors (Lipinski definition) is 1. The lowest BCUT2D eigenvalue weighted by molar-refractivity contribution is -0.149. The highest BCUT2D eigenvalue weighted by Crippen LogP contribution is 2.21. The normalized spacial score (nSPS) is 18.1. The van der Waals surface area contributed by atoms with E-state index >= 15 is 0 Å². The number of esters is 1. The van der Waals surface area contributed by atoms with Gasteiger partial charge in [-0.2, -0.15) is 5.10 Å². The van der Waals surface area contributed by atoms with Crippen molar-refractivity contribution >= 4 is 17.8 Å². The van der Waals surface area contributed by atoms with Crippen molar-refractivity contribution in [2.45, 2.75) is 19.8 Å². The highest BCUT2D eigenvalue weighted by atomic mass is 16.5. The zero-order valence-corrected chi connectivity index (χ0v) is 12.6. The van der Waals surface area contributed by atoms with Crippen LogP contribution < -0.4 is 0 Å². The van der Waals surface area contributed by atoms with E-state index in [1.54, 1.807) is 6.92 Å². The molecular weight excluding hydrogens is 290 g/mol. The summed E-state index contributed by atoms with van der Waals surface area (Å²) in [4.78, 5) is 37.1. The number of aromatic carboxylic acids is 1. The predicted octanol–water partition coefficient (Wildman–Crippen LogP) is 0.534. The monoisotopic (exact) mass is 309 g/mol. The molecule has 1 amide bonds. The number of hydrogen-bond acceptors (Lipinski definition) is 5. The summed E-state index contributed by atoms with van der Waals surface area (Å²) in [5.74, 6) is -2.30. The number of piperidine rings is 1. The first kappa shape index (κ1) is 16.0. The largest absolute Gasteiger partial charge is 0.478 e. The number of nitrogens with zero attached hydrogens (tertiary/aromatic N) is 3. The molecule has 1 N–H and O–H groups in total. The van der Waals surface area contributed by atoms with E-state index in [0.29, 0.717) is 26.0 Å². The van der Waals surface area contributed by atoms with Crippen LogP contribution in [-0.2, 0) is 16.6 Å². The highest BCUT2D eigenvalue weighted by Gasteiger charge is 2.32. The van der Waals surface area contributed by atoms with Crippen LogP contribution in [0.3, 0.4) is 0 Å².